The highest BCUT2D eigenvalue weighted by Gasteiger charge is 2.12. The molecule has 4 nitrogen and oxygen atoms in total. The van der Waals surface area contributed by atoms with Gasteiger partial charge in [-0.25, -0.2) is 8.78 Å². The summed E-state index contributed by atoms with van der Waals surface area (Å²) in [5.74, 6) is 0. The second-order valence-corrected chi connectivity index (χ2v) is 4.73. The number of nitrogens with zero attached hydrogens (tertiary/aromatic N) is 1. The Balaban J connectivity index is 2.11. The summed E-state index contributed by atoms with van der Waals surface area (Å²) < 4.78 is 25.2. The minimum atomic E-state index is -2.53. The first-order chi connectivity index (χ1) is 9.97. The molecule has 0 unspecified atom stereocenters. The molecule has 0 atom stereocenters. The van der Waals surface area contributed by atoms with Crippen molar-refractivity contribution in [1.29, 1.82) is 0 Å². The Morgan fingerprint density at radius 1 is 1.24 bits per heavy atom. The molecule has 7 heteroatoms. The molecule has 0 aliphatic heterocycles. The Kier molecular flexibility index (Phi) is 4.70. The Morgan fingerprint density at radius 2 is 2.00 bits per heavy atom. The monoisotopic (exact) mass is 312 g/mol. The Labute approximate surface area is 124 Å². The molecule has 0 spiro atoms. The van der Waals surface area contributed by atoms with E-state index in [0.29, 0.717) is 11.3 Å². The van der Waals surface area contributed by atoms with E-state index in [-0.39, 0.29) is 22.8 Å². The summed E-state index contributed by atoms with van der Waals surface area (Å²) in [6.07, 6.45) is -2.53. The van der Waals surface area contributed by atoms with Crippen LogP contribution in [0.1, 0.15) is 17.6 Å². The molecule has 0 amide bonds. The van der Waals surface area contributed by atoms with Crippen LogP contribution in [-0.4, -0.2) is 4.92 Å². The lowest BCUT2D eigenvalue weighted by atomic mass is 10.1. The number of benzene rings is 2. The Bertz CT molecular complexity index is 665. The van der Waals surface area contributed by atoms with Crippen molar-refractivity contribution in [3.63, 3.8) is 0 Å². The molecule has 0 aromatic heterocycles. The van der Waals surface area contributed by atoms with Crippen LogP contribution in [0.3, 0.4) is 0 Å². The van der Waals surface area contributed by atoms with Crippen LogP contribution in [0, 0.1) is 10.1 Å². The standard InChI is InChI=1S/C14H11ClF2N2O2/c15-12-5-4-11(7-13(12)19(20)21)18-8-9-2-1-3-10(6-9)14(16)17/h1-7,14,18H,8H2. The number of nitro benzene ring substituents is 1. The fourth-order valence-electron chi connectivity index (χ4n) is 1.81. The van der Waals surface area contributed by atoms with Crippen LogP contribution in [0.4, 0.5) is 20.2 Å². The van der Waals surface area contributed by atoms with E-state index >= 15 is 0 Å². The van der Waals surface area contributed by atoms with Gasteiger partial charge in [0.1, 0.15) is 5.02 Å². The van der Waals surface area contributed by atoms with Crippen molar-refractivity contribution in [3.8, 4) is 0 Å². The number of nitro groups is 1. The van der Waals surface area contributed by atoms with E-state index in [2.05, 4.69) is 5.32 Å². The van der Waals surface area contributed by atoms with Crippen molar-refractivity contribution < 1.29 is 13.7 Å². The second-order valence-electron chi connectivity index (χ2n) is 4.32. The van der Waals surface area contributed by atoms with E-state index < -0.39 is 11.3 Å². The lowest BCUT2D eigenvalue weighted by Crippen LogP contribution is -2.01. The van der Waals surface area contributed by atoms with E-state index in [1.54, 1.807) is 18.2 Å². The molecule has 0 bridgehead atoms. The van der Waals surface area contributed by atoms with Crippen molar-refractivity contribution in [2.75, 3.05) is 5.32 Å². The van der Waals surface area contributed by atoms with E-state index in [0.717, 1.165) is 0 Å². The van der Waals surface area contributed by atoms with Gasteiger partial charge in [0.25, 0.3) is 12.1 Å². The van der Waals surface area contributed by atoms with Crippen LogP contribution in [-0.2, 0) is 6.54 Å². The summed E-state index contributed by atoms with van der Waals surface area (Å²) in [7, 11) is 0. The number of hydrogen-bond acceptors (Lipinski definition) is 3. The van der Waals surface area contributed by atoms with E-state index in [9.17, 15) is 18.9 Å². The highest BCUT2D eigenvalue weighted by molar-refractivity contribution is 6.32. The summed E-state index contributed by atoms with van der Waals surface area (Å²) >= 11 is 5.71. The van der Waals surface area contributed by atoms with Gasteiger partial charge in [-0.15, -0.1) is 0 Å². The topological polar surface area (TPSA) is 55.2 Å². The van der Waals surface area contributed by atoms with Gasteiger partial charge in [-0.2, -0.15) is 0 Å². The van der Waals surface area contributed by atoms with Crippen molar-refractivity contribution in [2.24, 2.45) is 0 Å². The summed E-state index contributed by atoms with van der Waals surface area (Å²) in [5.41, 5.74) is 0.887. The lowest BCUT2D eigenvalue weighted by molar-refractivity contribution is -0.384. The molecule has 110 valence electrons. The maximum Gasteiger partial charge on any atom is 0.289 e. The molecule has 0 aliphatic carbocycles. The Morgan fingerprint density at radius 3 is 2.67 bits per heavy atom. The van der Waals surface area contributed by atoms with Crippen LogP contribution in [0.5, 0.6) is 0 Å². The zero-order valence-electron chi connectivity index (χ0n) is 10.7. The van der Waals surface area contributed by atoms with Crippen LogP contribution >= 0.6 is 11.6 Å². The molecular weight excluding hydrogens is 302 g/mol. The van der Waals surface area contributed by atoms with Gasteiger partial charge < -0.3 is 5.32 Å². The molecule has 2 aromatic rings. The third kappa shape index (κ3) is 3.88. The minimum Gasteiger partial charge on any atom is -0.381 e. The fraction of sp³-hybridized carbons (Fsp3) is 0.143. The quantitative estimate of drug-likeness (QED) is 0.637. The van der Waals surface area contributed by atoms with E-state index in [1.807, 2.05) is 0 Å². The van der Waals surface area contributed by atoms with Gasteiger partial charge in [0.15, 0.2) is 0 Å². The first-order valence-electron chi connectivity index (χ1n) is 6.02. The van der Waals surface area contributed by atoms with Gasteiger partial charge in [-0.1, -0.05) is 29.8 Å². The molecular formula is C14H11ClF2N2O2. The first kappa shape index (κ1) is 15.2. The van der Waals surface area contributed by atoms with Gasteiger partial charge in [0.05, 0.1) is 4.92 Å². The highest BCUT2D eigenvalue weighted by Crippen LogP contribution is 2.27. The predicted octanol–water partition coefficient (Wildman–Crippen LogP) is 4.80. The third-order valence-electron chi connectivity index (χ3n) is 2.84. The lowest BCUT2D eigenvalue weighted by Gasteiger charge is -2.08. The van der Waals surface area contributed by atoms with Gasteiger partial charge in [-0.3, -0.25) is 10.1 Å². The van der Waals surface area contributed by atoms with Crippen LogP contribution < -0.4 is 5.32 Å². The van der Waals surface area contributed by atoms with Crippen LogP contribution in [0.25, 0.3) is 0 Å². The average Bonchev–Trinajstić information content (AvgIpc) is 2.46. The highest BCUT2D eigenvalue weighted by atomic mass is 35.5. The van der Waals surface area contributed by atoms with Crippen molar-refractivity contribution in [3.05, 3.63) is 68.7 Å². The molecule has 2 rings (SSSR count). The molecule has 0 saturated carbocycles. The van der Waals surface area contributed by atoms with E-state index in [1.165, 1.54) is 24.3 Å². The summed E-state index contributed by atoms with van der Waals surface area (Å²) in [6.45, 7) is 0.277. The molecule has 2 aromatic carbocycles. The molecule has 0 radical (unpaired) electrons. The van der Waals surface area contributed by atoms with Crippen LogP contribution in [0.2, 0.25) is 5.02 Å². The molecule has 21 heavy (non-hydrogen) atoms. The summed E-state index contributed by atoms with van der Waals surface area (Å²) in [5, 5.41) is 13.8. The summed E-state index contributed by atoms with van der Waals surface area (Å²) in [4.78, 5) is 10.2. The normalized spacial score (nSPS) is 10.7. The molecule has 0 saturated heterocycles. The number of anilines is 1. The Hall–Kier alpha value is -2.21. The number of rotatable bonds is 5. The average molecular weight is 313 g/mol. The maximum absolute atomic E-state index is 12.6. The number of hydrogen-bond donors (Lipinski definition) is 1. The van der Waals surface area contributed by atoms with Crippen molar-refractivity contribution in [2.45, 2.75) is 13.0 Å². The van der Waals surface area contributed by atoms with Gasteiger partial charge in [-0.05, 0) is 23.8 Å². The van der Waals surface area contributed by atoms with Crippen LogP contribution in [0.15, 0.2) is 42.5 Å². The number of halogens is 3. The molecule has 0 aliphatic rings. The maximum atomic E-state index is 12.6. The van der Waals surface area contributed by atoms with Gasteiger partial charge >= 0.3 is 0 Å². The fourth-order valence-corrected chi connectivity index (χ4v) is 1.99. The number of alkyl halides is 2. The molecule has 0 heterocycles. The first-order valence-corrected chi connectivity index (χ1v) is 6.40. The predicted molar refractivity (Wildman–Crippen MR) is 76.8 cm³/mol. The third-order valence-corrected chi connectivity index (χ3v) is 3.16. The SMILES string of the molecule is O=[N+]([O-])c1cc(NCc2cccc(C(F)F)c2)ccc1Cl. The van der Waals surface area contributed by atoms with Crippen molar-refractivity contribution in [1.82, 2.24) is 0 Å². The smallest absolute Gasteiger partial charge is 0.289 e. The second kappa shape index (κ2) is 6.49. The number of nitrogens with one attached hydrogen (secondary N) is 1. The van der Waals surface area contributed by atoms with Gasteiger partial charge in [0, 0.05) is 23.9 Å². The van der Waals surface area contributed by atoms with E-state index in [4.69, 9.17) is 11.6 Å². The van der Waals surface area contributed by atoms with Crippen molar-refractivity contribution >= 4 is 23.0 Å². The summed E-state index contributed by atoms with van der Waals surface area (Å²) in [6, 6.07) is 10.3. The minimum absolute atomic E-state index is 0.0465. The zero-order chi connectivity index (χ0) is 15.4. The zero-order valence-corrected chi connectivity index (χ0v) is 11.5. The molecule has 0 fully saturated rings. The van der Waals surface area contributed by atoms with Gasteiger partial charge in [0.2, 0.25) is 0 Å². The molecule has 1 N–H and O–H groups in total. The largest absolute Gasteiger partial charge is 0.381 e.